The molecule has 6 nitrogen and oxygen atoms in total. The van der Waals surface area contributed by atoms with E-state index in [0.717, 1.165) is 34.0 Å². The highest BCUT2D eigenvalue weighted by Crippen LogP contribution is 2.44. The Hall–Kier alpha value is -4.04. The topological polar surface area (TPSA) is 59.4 Å². The van der Waals surface area contributed by atoms with Crippen molar-refractivity contribution in [3.63, 3.8) is 0 Å². The van der Waals surface area contributed by atoms with Crippen LogP contribution in [0.25, 0.3) is 5.69 Å². The molecule has 0 bridgehead atoms. The van der Waals surface area contributed by atoms with Crippen molar-refractivity contribution in [1.29, 1.82) is 0 Å². The van der Waals surface area contributed by atoms with Crippen LogP contribution in [0.5, 0.6) is 0 Å². The Kier molecular flexibility index (Phi) is 6.52. The molecule has 1 fully saturated rings. The second kappa shape index (κ2) is 9.78. The Balaban J connectivity index is 1.64. The van der Waals surface area contributed by atoms with Crippen molar-refractivity contribution in [2.45, 2.75) is 32.9 Å². The lowest BCUT2D eigenvalue weighted by atomic mass is 9.96. The van der Waals surface area contributed by atoms with Gasteiger partial charge in [0.15, 0.2) is 5.11 Å². The zero-order chi connectivity index (χ0) is 26.3. The zero-order valence-corrected chi connectivity index (χ0v) is 21.8. The minimum absolute atomic E-state index is 0.213. The predicted molar refractivity (Wildman–Crippen MR) is 146 cm³/mol. The van der Waals surface area contributed by atoms with Crippen LogP contribution in [0, 0.1) is 26.6 Å². The third-order valence-electron chi connectivity index (χ3n) is 6.85. The SMILES string of the molecule is COC(=O)c1ccc(-n2c(C)cc([C@H]3[C@H](c4ccccn4)NC(=S)N3c3ccc(F)c(C)c3)c2C)cc1. The number of rotatable bonds is 5. The van der Waals surface area contributed by atoms with E-state index < -0.39 is 0 Å². The number of pyridine rings is 1. The summed E-state index contributed by atoms with van der Waals surface area (Å²) in [6.07, 6.45) is 1.77. The maximum Gasteiger partial charge on any atom is 0.337 e. The van der Waals surface area contributed by atoms with Crippen molar-refractivity contribution in [2.24, 2.45) is 0 Å². The van der Waals surface area contributed by atoms with Crippen molar-refractivity contribution in [3.05, 3.63) is 113 Å². The molecule has 37 heavy (non-hydrogen) atoms. The number of esters is 1. The van der Waals surface area contributed by atoms with Crippen molar-refractivity contribution in [2.75, 3.05) is 12.0 Å². The minimum Gasteiger partial charge on any atom is -0.465 e. The van der Waals surface area contributed by atoms with Crippen LogP contribution in [0.3, 0.4) is 0 Å². The third kappa shape index (κ3) is 4.38. The van der Waals surface area contributed by atoms with E-state index in [1.54, 1.807) is 31.3 Å². The molecule has 0 radical (unpaired) electrons. The molecule has 5 rings (SSSR count). The summed E-state index contributed by atoms with van der Waals surface area (Å²) in [6.45, 7) is 5.87. The van der Waals surface area contributed by atoms with Crippen molar-refractivity contribution >= 4 is 29.0 Å². The Morgan fingerprint density at radius 3 is 2.41 bits per heavy atom. The lowest BCUT2D eigenvalue weighted by molar-refractivity contribution is 0.0600. The molecule has 1 saturated heterocycles. The molecular formula is C29H27FN4O2S. The van der Waals surface area contributed by atoms with E-state index in [2.05, 4.69) is 27.9 Å². The number of hydrogen-bond donors (Lipinski definition) is 1. The zero-order valence-electron chi connectivity index (χ0n) is 21.0. The first-order chi connectivity index (χ1) is 17.8. The maximum absolute atomic E-state index is 14.1. The number of methoxy groups -OCH3 is 1. The van der Waals surface area contributed by atoms with Gasteiger partial charge in [-0.3, -0.25) is 4.98 Å². The van der Waals surface area contributed by atoms with E-state index >= 15 is 0 Å². The highest BCUT2D eigenvalue weighted by Gasteiger charge is 2.42. The maximum atomic E-state index is 14.1. The summed E-state index contributed by atoms with van der Waals surface area (Å²) in [5.41, 5.74) is 6.79. The summed E-state index contributed by atoms with van der Waals surface area (Å²) in [7, 11) is 1.37. The second-order valence-electron chi connectivity index (χ2n) is 9.13. The number of carbonyl (C=O) groups is 1. The highest BCUT2D eigenvalue weighted by atomic mass is 32.1. The monoisotopic (exact) mass is 514 g/mol. The van der Waals surface area contributed by atoms with Crippen LogP contribution in [0.2, 0.25) is 0 Å². The summed E-state index contributed by atoms with van der Waals surface area (Å²) < 4.78 is 21.1. The van der Waals surface area contributed by atoms with E-state index in [1.807, 2.05) is 48.2 Å². The highest BCUT2D eigenvalue weighted by molar-refractivity contribution is 7.80. The van der Waals surface area contributed by atoms with E-state index in [-0.39, 0.29) is 23.9 Å². The Labute approximate surface area is 220 Å². The number of carbonyl (C=O) groups excluding carboxylic acids is 1. The van der Waals surface area contributed by atoms with Crippen molar-refractivity contribution in [3.8, 4) is 5.69 Å². The van der Waals surface area contributed by atoms with Crippen LogP contribution in [-0.2, 0) is 4.74 Å². The standard InChI is InChI=1S/C29H27FN4O2S/c1-17-15-22(12-13-24(17)30)34-27(26(32-29(34)37)25-7-5-6-14-31-25)23-16-18(2)33(19(23)3)21-10-8-20(9-11-21)28(35)36-4/h5-16,26-27H,1-4H3,(H,32,37)/t26-,27-/m0/s1. The number of thiocarbonyl (C=S) groups is 1. The number of nitrogens with zero attached hydrogens (tertiary/aromatic N) is 3. The summed E-state index contributed by atoms with van der Waals surface area (Å²) >= 11 is 5.82. The fourth-order valence-electron chi connectivity index (χ4n) is 5.08. The van der Waals surface area contributed by atoms with Gasteiger partial charge in [-0.05, 0) is 105 Å². The second-order valence-corrected chi connectivity index (χ2v) is 9.52. The molecule has 0 spiro atoms. The van der Waals surface area contributed by atoms with E-state index in [4.69, 9.17) is 17.0 Å². The van der Waals surface area contributed by atoms with Crippen LogP contribution in [0.4, 0.5) is 10.1 Å². The molecule has 0 unspecified atom stereocenters. The Morgan fingerprint density at radius 2 is 1.76 bits per heavy atom. The summed E-state index contributed by atoms with van der Waals surface area (Å²) in [5, 5.41) is 4.02. The molecule has 2 atom stereocenters. The van der Waals surface area contributed by atoms with E-state index in [0.29, 0.717) is 16.2 Å². The molecule has 8 heteroatoms. The molecular weight excluding hydrogens is 487 g/mol. The molecule has 0 amide bonds. The first-order valence-corrected chi connectivity index (χ1v) is 12.4. The van der Waals surface area contributed by atoms with Gasteiger partial charge in [0, 0.05) is 29.0 Å². The molecule has 188 valence electrons. The van der Waals surface area contributed by atoms with Crippen LogP contribution >= 0.6 is 12.2 Å². The van der Waals surface area contributed by atoms with Gasteiger partial charge in [0.05, 0.1) is 30.5 Å². The quantitative estimate of drug-likeness (QED) is 0.264. The van der Waals surface area contributed by atoms with Crippen LogP contribution in [0.15, 0.2) is 72.9 Å². The van der Waals surface area contributed by atoms with Crippen molar-refractivity contribution in [1.82, 2.24) is 14.9 Å². The smallest absolute Gasteiger partial charge is 0.337 e. The van der Waals surface area contributed by atoms with Crippen LogP contribution in [-0.4, -0.2) is 27.7 Å². The Morgan fingerprint density at radius 1 is 1.03 bits per heavy atom. The normalized spacial score (nSPS) is 17.1. The number of anilines is 1. The molecule has 0 saturated carbocycles. The first kappa shape index (κ1) is 24.6. The molecule has 0 aliphatic carbocycles. The molecule has 1 aliphatic rings. The fourth-order valence-corrected chi connectivity index (χ4v) is 5.42. The summed E-state index contributed by atoms with van der Waals surface area (Å²) in [5.74, 6) is -0.629. The number of hydrogen-bond acceptors (Lipinski definition) is 4. The van der Waals surface area contributed by atoms with Gasteiger partial charge in [-0.1, -0.05) is 6.07 Å². The summed E-state index contributed by atoms with van der Waals surface area (Å²) in [6, 6.07) is 19.9. The number of halogens is 1. The summed E-state index contributed by atoms with van der Waals surface area (Å²) in [4.78, 5) is 18.6. The van der Waals surface area contributed by atoms with Gasteiger partial charge in [0.25, 0.3) is 0 Å². The lowest BCUT2D eigenvalue weighted by Crippen LogP contribution is -2.29. The minimum atomic E-state index is -0.373. The number of ether oxygens (including phenoxy) is 1. The number of aromatic nitrogens is 2. The fraction of sp³-hybridized carbons (Fsp3) is 0.207. The number of aryl methyl sites for hydroxylation is 2. The van der Waals surface area contributed by atoms with Gasteiger partial charge in [-0.25, -0.2) is 9.18 Å². The van der Waals surface area contributed by atoms with Gasteiger partial charge in [0.2, 0.25) is 0 Å². The van der Waals surface area contributed by atoms with Crippen molar-refractivity contribution < 1.29 is 13.9 Å². The van der Waals surface area contributed by atoms with Gasteiger partial charge < -0.3 is 19.5 Å². The average molecular weight is 515 g/mol. The van der Waals surface area contributed by atoms with Gasteiger partial charge in [-0.15, -0.1) is 0 Å². The lowest BCUT2D eigenvalue weighted by Gasteiger charge is -2.28. The van der Waals surface area contributed by atoms with Crippen LogP contribution < -0.4 is 10.2 Å². The number of nitrogens with one attached hydrogen (secondary N) is 1. The molecule has 1 aliphatic heterocycles. The predicted octanol–water partition coefficient (Wildman–Crippen LogP) is 5.90. The third-order valence-corrected chi connectivity index (χ3v) is 7.17. The van der Waals surface area contributed by atoms with E-state index in [1.165, 1.54) is 13.2 Å². The average Bonchev–Trinajstić information content (AvgIpc) is 3.40. The first-order valence-electron chi connectivity index (χ1n) is 11.9. The number of benzene rings is 2. The van der Waals surface area contributed by atoms with Crippen LogP contribution in [0.1, 0.15) is 50.7 Å². The molecule has 2 aromatic carbocycles. The molecule has 3 heterocycles. The molecule has 1 N–H and O–H groups in total. The van der Waals surface area contributed by atoms with Gasteiger partial charge in [-0.2, -0.15) is 0 Å². The largest absolute Gasteiger partial charge is 0.465 e. The molecule has 2 aromatic heterocycles. The van der Waals surface area contributed by atoms with Gasteiger partial charge in [0.1, 0.15) is 5.82 Å². The van der Waals surface area contributed by atoms with Gasteiger partial charge >= 0.3 is 5.97 Å². The molecule has 4 aromatic rings. The van der Waals surface area contributed by atoms with E-state index in [9.17, 15) is 9.18 Å². The Bertz CT molecular complexity index is 1480.